The minimum absolute atomic E-state index is 0.709. The molecular formula is C30H36N+. The van der Waals surface area contributed by atoms with E-state index in [1.165, 1.54) is 85.7 Å². The number of aromatic nitrogens is 1. The molecule has 0 atom stereocenters. The number of benzene rings is 2. The van der Waals surface area contributed by atoms with Gasteiger partial charge in [-0.3, -0.25) is 0 Å². The molecule has 1 nitrogen and oxygen atoms in total. The molecule has 2 aliphatic carbocycles. The van der Waals surface area contributed by atoms with Crippen LogP contribution in [0.3, 0.4) is 0 Å². The first-order valence-electron chi connectivity index (χ1n) is 12.3. The van der Waals surface area contributed by atoms with Crippen LogP contribution in [-0.2, 0) is 7.05 Å². The highest BCUT2D eigenvalue weighted by atomic mass is 14.9. The molecule has 1 heteroatoms. The van der Waals surface area contributed by atoms with E-state index in [2.05, 4.69) is 85.4 Å². The van der Waals surface area contributed by atoms with E-state index in [0.717, 1.165) is 5.92 Å². The van der Waals surface area contributed by atoms with Crippen LogP contribution in [0.5, 0.6) is 0 Å². The summed E-state index contributed by atoms with van der Waals surface area (Å²) in [6.07, 6.45) is 15.3. The summed E-state index contributed by atoms with van der Waals surface area (Å²) in [6.45, 7) is 2.19. The lowest BCUT2D eigenvalue weighted by atomic mass is 9.62. The van der Waals surface area contributed by atoms with Crippen molar-refractivity contribution < 1.29 is 4.57 Å². The maximum Gasteiger partial charge on any atom is 0.213 e. The largest absolute Gasteiger partial charge is 0.213 e. The Balaban J connectivity index is 1.34. The van der Waals surface area contributed by atoms with Crippen molar-refractivity contribution in [1.82, 2.24) is 0 Å². The van der Waals surface area contributed by atoms with Gasteiger partial charge in [-0.05, 0) is 85.1 Å². The fraction of sp³-hybridized carbons (Fsp3) is 0.433. The zero-order valence-corrected chi connectivity index (χ0v) is 19.2. The van der Waals surface area contributed by atoms with Gasteiger partial charge in [0.15, 0.2) is 6.20 Å². The Morgan fingerprint density at radius 3 is 2.19 bits per heavy atom. The summed E-state index contributed by atoms with van der Waals surface area (Å²) in [7, 11) is 2.14. The van der Waals surface area contributed by atoms with Crippen molar-refractivity contribution in [3.05, 3.63) is 78.0 Å². The molecule has 0 bridgehead atoms. The van der Waals surface area contributed by atoms with Crippen LogP contribution in [0.15, 0.2) is 66.9 Å². The second-order valence-electron chi connectivity index (χ2n) is 10.2. The maximum absolute atomic E-state index is 2.40. The zero-order valence-electron chi connectivity index (χ0n) is 19.2. The van der Waals surface area contributed by atoms with Gasteiger partial charge in [0.05, 0.1) is 0 Å². The quantitative estimate of drug-likeness (QED) is 0.388. The molecule has 2 aliphatic rings. The molecule has 31 heavy (non-hydrogen) atoms. The van der Waals surface area contributed by atoms with Crippen molar-refractivity contribution >= 4 is 0 Å². The van der Waals surface area contributed by atoms with Crippen LogP contribution >= 0.6 is 0 Å². The second kappa shape index (κ2) is 8.61. The van der Waals surface area contributed by atoms with Crippen LogP contribution in [0.2, 0.25) is 0 Å². The topological polar surface area (TPSA) is 3.88 Å². The number of aryl methyl sites for hydroxylation is 2. The Morgan fingerprint density at radius 1 is 0.774 bits per heavy atom. The number of rotatable bonds is 3. The third-order valence-electron chi connectivity index (χ3n) is 8.25. The highest BCUT2D eigenvalue weighted by molar-refractivity contribution is 5.70. The van der Waals surface area contributed by atoms with Gasteiger partial charge in [-0.2, -0.15) is 0 Å². The monoisotopic (exact) mass is 410 g/mol. The lowest BCUT2D eigenvalue weighted by molar-refractivity contribution is -0.660. The van der Waals surface area contributed by atoms with Gasteiger partial charge in [0.2, 0.25) is 5.69 Å². The standard InChI is InChI=1S/C30H36N/c1-23-8-4-5-9-28(23)29-22-27(16-21-31(29)2)25-12-10-24(11-13-25)26-14-19-30(20-15-26)17-6-3-7-18-30/h4-5,8-13,16,21-22,26H,3,6-7,14-15,17-20H2,1-2H3/q+1. The minimum atomic E-state index is 0.709. The van der Waals surface area contributed by atoms with Gasteiger partial charge in [-0.15, -0.1) is 0 Å². The van der Waals surface area contributed by atoms with Gasteiger partial charge in [-0.25, -0.2) is 4.57 Å². The average molecular weight is 411 g/mol. The molecule has 1 heterocycles. The van der Waals surface area contributed by atoms with E-state index < -0.39 is 0 Å². The van der Waals surface area contributed by atoms with Gasteiger partial charge in [0.25, 0.3) is 0 Å². The van der Waals surface area contributed by atoms with E-state index >= 15 is 0 Å². The first-order valence-corrected chi connectivity index (χ1v) is 12.3. The van der Waals surface area contributed by atoms with E-state index in [1.807, 2.05) is 0 Å². The third kappa shape index (κ3) is 4.20. The molecule has 2 aromatic carbocycles. The fourth-order valence-electron chi connectivity index (χ4n) is 6.19. The Kier molecular flexibility index (Phi) is 5.69. The van der Waals surface area contributed by atoms with Crippen molar-refractivity contribution in [2.75, 3.05) is 0 Å². The summed E-state index contributed by atoms with van der Waals surface area (Å²) in [5, 5.41) is 0. The first-order chi connectivity index (χ1) is 15.1. The SMILES string of the molecule is Cc1ccccc1-c1cc(-c2ccc(C3CCC4(CCCCC4)CC3)cc2)cc[n+]1C. The van der Waals surface area contributed by atoms with Crippen molar-refractivity contribution in [3.8, 4) is 22.4 Å². The van der Waals surface area contributed by atoms with Gasteiger partial charge >= 0.3 is 0 Å². The Labute approximate surface area is 188 Å². The maximum atomic E-state index is 2.40. The van der Waals surface area contributed by atoms with Crippen molar-refractivity contribution in [2.24, 2.45) is 12.5 Å². The van der Waals surface area contributed by atoms with Crippen LogP contribution in [0.25, 0.3) is 22.4 Å². The van der Waals surface area contributed by atoms with Gasteiger partial charge in [0, 0.05) is 17.7 Å². The summed E-state index contributed by atoms with van der Waals surface area (Å²) < 4.78 is 2.23. The summed E-state index contributed by atoms with van der Waals surface area (Å²) in [5.41, 5.74) is 8.77. The Morgan fingerprint density at radius 2 is 1.48 bits per heavy atom. The molecule has 3 aromatic rings. The molecule has 0 radical (unpaired) electrons. The molecular weight excluding hydrogens is 374 g/mol. The molecule has 5 rings (SSSR count). The lowest BCUT2D eigenvalue weighted by Crippen LogP contribution is -2.30. The lowest BCUT2D eigenvalue weighted by Gasteiger charge is -2.43. The second-order valence-corrected chi connectivity index (χ2v) is 10.2. The van der Waals surface area contributed by atoms with Crippen molar-refractivity contribution in [1.29, 1.82) is 0 Å². The minimum Gasteiger partial charge on any atom is -0.201 e. The van der Waals surface area contributed by atoms with Gasteiger partial charge in [0.1, 0.15) is 7.05 Å². The molecule has 0 N–H and O–H groups in total. The molecule has 0 unspecified atom stereocenters. The van der Waals surface area contributed by atoms with Crippen LogP contribution in [0, 0.1) is 12.3 Å². The van der Waals surface area contributed by atoms with Crippen LogP contribution < -0.4 is 4.57 Å². The molecule has 1 spiro atoms. The number of pyridine rings is 1. The van der Waals surface area contributed by atoms with E-state index in [4.69, 9.17) is 0 Å². The van der Waals surface area contributed by atoms with Gasteiger partial charge < -0.3 is 0 Å². The van der Waals surface area contributed by atoms with E-state index in [9.17, 15) is 0 Å². The Hall–Kier alpha value is -2.41. The molecule has 1 aromatic heterocycles. The molecule has 0 saturated heterocycles. The highest BCUT2D eigenvalue weighted by Gasteiger charge is 2.36. The predicted molar refractivity (Wildman–Crippen MR) is 130 cm³/mol. The molecule has 160 valence electrons. The van der Waals surface area contributed by atoms with Crippen molar-refractivity contribution in [2.45, 2.75) is 70.6 Å². The number of hydrogen-bond donors (Lipinski definition) is 0. The summed E-state index contributed by atoms with van der Waals surface area (Å²) in [5.74, 6) is 0.762. The summed E-state index contributed by atoms with van der Waals surface area (Å²) >= 11 is 0. The number of hydrogen-bond acceptors (Lipinski definition) is 0. The van der Waals surface area contributed by atoms with Crippen LogP contribution in [-0.4, -0.2) is 0 Å². The third-order valence-corrected chi connectivity index (χ3v) is 8.25. The van der Waals surface area contributed by atoms with Crippen LogP contribution in [0.1, 0.15) is 74.8 Å². The van der Waals surface area contributed by atoms with E-state index in [1.54, 1.807) is 5.56 Å². The fourth-order valence-corrected chi connectivity index (χ4v) is 6.19. The summed E-state index contributed by atoms with van der Waals surface area (Å²) in [4.78, 5) is 0. The van der Waals surface area contributed by atoms with Crippen LogP contribution in [0.4, 0.5) is 0 Å². The van der Waals surface area contributed by atoms with Crippen molar-refractivity contribution in [3.63, 3.8) is 0 Å². The predicted octanol–water partition coefficient (Wildman–Crippen LogP) is 7.76. The normalized spacial score (nSPS) is 18.9. The molecule has 2 fully saturated rings. The first kappa shape index (κ1) is 20.5. The van der Waals surface area contributed by atoms with E-state index in [0.29, 0.717) is 5.41 Å². The summed E-state index contributed by atoms with van der Waals surface area (Å²) in [6, 6.07) is 22.7. The highest BCUT2D eigenvalue weighted by Crippen LogP contribution is 2.51. The molecule has 2 saturated carbocycles. The molecule has 0 aliphatic heterocycles. The number of nitrogens with zero attached hydrogens (tertiary/aromatic N) is 1. The van der Waals surface area contributed by atoms with E-state index in [-0.39, 0.29) is 0 Å². The zero-order chi connectivity index (χ0) is 21.3. The molecule has 0 amide bonds. The van der Waals surface area contributed by atoms with Gasteiger partial charge in [-0.1, -0.05) is 61.7 Å². The Bertz CT molecular complexity index is 1030. The smallest absolute Gasteiger partial charge is 0.201 e. The average Bonchev–Trinajstić information content (AvgIpc) is 2.81.